The summed E-state index contributed by atoms with van der Waals surface area (Å²) in [5, 5.41) is 18.5. The first-order valence-electron chi connectivity index (χ1n) is 9.97. The van der Waals surface area contributed by atoms with Crippen LogP contribution in [0.2, 0.25) is 0 Å². The Morgan fingerprint density at radius 3 is 2.47 bits per heavy atom. The molecule has 0 bridgehead atoms. The van der Waals surface area contributed by atoms with E-state index in [1.165, 1.54) is 24.3 Å². The molecule has 1 amide bonds. The molecule has 2 N–H and O–H groups in total. The van der Waals surface area contributed by atoms with Gasteiger partial charge in [-0.25, -0.2) is 13.1 Å². The van der Waals surface area contributed by atoms with Crippen LogP contribution in [0.4, 0.5) is 5.69 Å². The van der Waals surface area contributed by atoms with Gasteiger partial charge < -0.3 is 10.4 Å². The highest BCUT2D eigenvalue weighted by Crippen LogP contribution is 2.30. The number of fused-ring (bicyclic) bond motifs is 1. The molecule has 1 aromatic heterocycles. The number of carboxylic acid groups (broad SMARTS) is 1. The number of rotatable bonds is 8. The standard InChI is InChI=1S/C21H20N4O6S/c26-19(13-5-6-13)22-14-7-9-15(10-8-14)32(30,31)18(21(28)29)11-12-25-20(27)16-3-1-2-4-17(16)23-24-25/h1-4,7-10,13,18H,5-6,11-12H2,(H,22,26)(H,28,29). The van der Waals surface area contributed by atoms with Crippen LogP contribution in [0.1, 0.15) is 19.3 Å². The number of carbonyl (C=O) groups is 2. The van der Waals surface area contributed by atoms with Gasteiger partial charge in [0.05, 0.1) is 10.3 Å². The summed E-state index contributed by atoms with van der Waals surface area (Å²) in [4.78, 5) is 36.0. The number of carbonyl (C=O) groups excluding carboxylic acids is 1. The number of sulfone groups is 1. The van der Waals surface area contributed by atoms with E-state index in [4.69, 9.17) is 0 Å². The number of nitrogens with zero attached hydrogens (tertiary/aromatic N) is 3. The highest BCUT2D eigenvalue weighted by molar-refractivity contribution is 7.92. The van der Waals surface area contributed by atoms with Crippen LogP contribution in [0.25, 0.3) is 10.9 Å². The second-order valence-electron chi connectivity index (χ2n) is 7.58. The van der Waals surface area contributed by atoms with Gasteiger partial charge in [-0.15, -0.1) is 5.10 Å². The Morgan fingerprint density at radius 2 is 1.81 bits per heavy atom. The Bertz CT molecular complexity index is 1350. The fourth-order valence-corrected chi connectivity index (χ4v) is 4.83. The summed E-state index contributed by atoms with van der Waals surface area (Å²) in [7, 11) is -4.25. The molecular formula is C21H20N4O6S. The number of aliphatic carboxylic acids is 1. The monoisotopic (exact) mass is 456 g/mol. The smallest absolute Gasteiger partial charge is 0.322 e. The number of aryl methyl sites for hydroxylation is 1. The summed E-state index contributed by atoms with van der Waals surface area (Å²) in [6, 6.07) is 11.9. The first-order valence-corrected chi connectivity index (χ1v) is 11.5. The van der Waals surface area contributed by atoms with Gasteiger partial charge in [-0.05, 0) is 55.7 Å². The lowest BCUT2D eigenvalue weighted by atomic mass is 10.2. The van der Waals surface area contributed by atoms with Crippen LogP contribution in [0.3, 0.4) is 0 Å². The molecule has 166 valence electrons. The quantitative estimate of drug-likeness (QED) is 0.517. The fourth-order valence-electron chi connectivity index (χ4n) is 3.30. The molecule has 1 fully saturated rings. The van der Waals surface area contributed by atoms with E-state index in [9.17, 15) is 27.9 Å². The van der Waals surface area contributed by atoms with Crippen molar-refractivity contribution in [3.05, 3.63) is 58.9 Å². The number of hydrogen-bond donors (Lipinski definition) is 2. The largest absolute Gasteiger partial charge is 0.480 e. The molecule has 10 nitrogen and oxygen atoms in total. The van der Waals surface area contributed by atoms with E-state index in [0.717, 1.165) is 17.5 Å². The number of amides is 1. The highest BCUT2D eigenvalue weighted by atomic mass is 32.2. The molecule has 1 heterocycles. The maximum Gasteiger partial charge on any atom is 0.322 e. The first-order chi connectivity index (χ1) is 15.3. The van der Waals surface area contributed by atoms with Gasteiger partial charge in [-0.1, -0.05) is 17.3 Å². The third kappa shape index (κ3) is 4.37. The van der Waals surface area contributed by atoms with Gasteiger partial charge in [0.2, 0.25) is 5.91 Å². The summed E-state index contributed by atoms with van der Waals surface area (Å²) < 4.78 is 26.9. The number of aromatic nitrogens is 3. The molecule has 0 saturated heterocycles. The van der Waals surface area contributed by atoms with Gasteiger partial charge in [0, 0.05) is 18.2 Å². The van der Waals surface area contributed by atoms with E-state index in [1.807, 2.05) is 0 Å². The van der Waals surface area contributed by atoms with Crippen molar-refractivity contribution >= 4 is 38.3 Å². The van der Waals surface area contributed by atoms with E-state index >= 15 is 0 Å². The Morgan fingerprint density at radius 1 is 1.12 bits per heavy atom. The van der Waals surface area contributed by atoms with Crippen molar-refractivity contribution in [2.45, 2.75) is 36.0 Å². The zero-order chi connectivity index (χ0) is 22.9. The number of carboxylic acids is 1. The lowest BCUT2D eigenvalue weighted by molar-refractivity contribution is -0.136. The third-order valence-corrected chi connectivity index (χ3v) is 7.40. The van der Waals surface area contributed by atoms with Crippen LogP contribution in [-0.4, -0.2) is 45.6 Å². The zero-order valence-corrected chi connectivity index (χ0v) is 17.7. The number of hydrogen-bond acceptors (Lipinski definition) is 7. The van der Waals surface area contributed by atoms with Gasteiger partial charge in [0.15, 0.2) is 15.1 Å². The fraction of sp³-hybridized carbons (Fsp3) is 0.286. The van der Waals surface area contributed by atoms with E-state index < -0.39 is 26.6 Å². The summed E-state index contributed by atoms with van der Waals surface area (Å²) in [5.74, 6) is -1.65. The van der Waals surface area contributed by atoms with Crippen molar-refractivity contribution in [3.8, 4) is 0 Å². The van der Waals surface area contributed by atoms with Crippen LogP contribution < -0.4 is 10.9 Å². The van der Waals surface area contributed by atoms with Crippen LogP contribution >= 0.6 is 0 Å². The molecule has 32 heavy (non-hydrogen) atoms. The Kier molecular flexibility index (Phi) is 5.74. The lowest BCUT2D eigenvalue weighted by Gasteiger charge is -2.14. The molecule has 4 rings (SSSR count). The minimum atomic E-state index is -4.25. The van der Waals surface area contributed by atoms with E-state index in [1.54, 1.807) is 24.3 Å². The van der Waals surface area contributed by atoms with Crippen molar-refractivity contribution in [3.63, 3.8) is 0 Å². The summed E-state index contributed by atoms with van der Waals surface area (Å²) in [6.45, 7) is -0.234. The highest BCUT2D eigenvalue weighted by Gasteiger charge is 2.34. The maximum atomic E-state index is 13.0. The number of anilines is 1. The normalized spacial score (nSPS) is 14.8. The summed E-state index contributed by atoms with van der Waals surface area (Å²) in [6.07, 6.45) is 1.30. The summed E-state index contributed by atoms with van der Waals surface area (Å²) in [5.41, 5.74) is 0.351. The summed E-state index contributed by atoms with van der Waals surface area (Å²) >= 11 is 0. The van der Waals surface area contributed by atoms with Crippen molar-refractivity contribution in [1.82, 2.24) is 15.0 Å². The molecule has 0 radical (unpaired) electrons. The van der Waals surface area contributed by atoms with Gasteiger partial charge >= 0.3 is 5.97 Å². The number of benzene rings is 2. The Labute approximate surface area is 182 Å². The molecular weight excluding hydrogens is 436 g/mol. The molecule has 1 aliphatic rings. The van der Waals surface area contributed by atoms with E-state index in [0.29, 0.717) is 16.6 Å². The lowest BCUT2D eigenvalue weighted by Crippen LogP contribution is -2.34. The van der Waals surface area contributed by atoms with Crippen molar-refractivity contribution in [2.75, 3.05) is 5.32 Å². The SMILES string of the molecule is O=C(Nc1ccc(S(=O)(=O)C(CCn2nnc3ccccc3c2=O)C(=O)O)cc1)C1CC1. The maximum absolute atomic E-state index is 13.0. The van der Waals surface area contributed by atoms with Crippen LogP contribution in [-0.2, 0) is 26.0 Å². The molecule has 1 unspecified atom stereocenters. The molecule has 1 saturated carbocycles. The first kappa shape index (κ1) is 21.6. The molecule has 11 heteroatoms. The third-order valence-electron chi connectivity index (χ3n) is 5.28. The second-order valence-corrected chi connectivity index (χ2v) is 9.71. The van der Waals surface area contributed by atoms with Crippen LogP contribution in [0.5, 0.6) is 0 Å². The zero-order valence-electron chi connectivity index (χ0n) is 16.8. The predicted molar refractivity (Wildman–Crippen MR) is 115 cm³/mol. The minimum Gasteiger partial charge on any atom is -0.480 e. The van der Waals surface area contributed by atoms with Gasteiger partial charge in [0.25, 0.3) is 5.56 Å². The molecule has 2 aromatic carbocycles. The molecule has 3 aromatic rings. The Hall–Kier alpha value is -3.60. The second kappa shape index (κ2) is 8.50. The van der Waals surface area contributed by atoms with E-state index in [-0.39, 0.29) is 29.7 Å². The van der Waals surface area contributed by atoms with Crippen LogP contribution in [0.15, 0.2) is 58.2 Å². The average Bonchev–Trinajstić information content (AvgIpc) is 3.61. The van der Waals surface area contributed by atoms with Crippen LogP contribution in [0, 0.1) is 5.92 Å². The van der Waals surface area contributed by atoms with Gasteiger partial charge in [-0.3, -0.25) is 14.4 Å². The Balaban J connectivity index is 1.52. The number of nitrogens with one attached hydrogen (secondary N) is 1. The predicted octanol–water partition coefficient (Wildman–Crippen LogP) is 1.46. The van der Waals surface area contributed by atoms with Gasteiger partial charge in [-0.2, -0.15) is 0 Å². The van der Waals surface area contributed by atoms with Gasteiger partial charge in [0.1, 0.15) is 5.52 Å². The van der Waals surface area contributed by atoms with Crippen molar-refractivity contribution in [1.29, 1.82) is 0 Å². The van der Waals surface area contributed by atoms with Crippen molar-refractivity contribution < 1.29 is 23.1 Å². The van der Waals surface area contributed by atoms with Crippen molar-refractivity contribution in [2.24, 2.45) is 5.92 Å². The molecule has 1 atom stereocenters. The minimum absolute atomic E-state index is 0.00332. The average molecular weight is 456 g/mol. The molecule has 0 spiro atoms. The topological polar surface area (TPSA) is 148 Å². The molecule has 0 aliphatic heterocycles. The molecule has 1 aliphatic carbocycles. The van der Waals surface area contributed by atoms with E-state index in [2.05, 4.69) is 15.6 Å².